The summed E-state index contributed by atoms with van der Waals surface area (Å²) in [6.45, 7) is 2.47. The lowest BCUT2D eigenvalue weighted by Crippen LogP contribution is -1.97. The summed E-state index contributed by atoms with van der Waals surface area (Å²) >= 11 is 0. The maximum absolute atomic E-state index is 10.6. The van der Waals surface area contributed by atoms with Crippen molar-refractivity contribution in [3.8, 4) is 0 Å². The van der Waals surface area contributed by atoms with Gasteiger partial charge in [-0.2, -0.15) is 0 Å². The van der Waals surface area contributed by atoms with E-state index in [0.29, 0.717) is 5.78 Å². The Balaban J connectivity index is 2.86. The van der Waals surface area contributed by atoms with Gasteiger partial charge in [0.2, 0.25) is 0 Å². The lowest BCUT2D eigenvalue weighted by Gasteiger charge is -1.98. The van der Waals surface area contributed by atoms with Gasteiger partial charge >= 0.3 is 0 Å². The van der Waals surface area contributed by atoms with Gasteiger partial charge < -0.3 is 10.5 Å². The zero-order valence-electron chi connectivity index (χ0n) is 8.14. The van der Waals surface area contributed by atoms with Crippen LogP contribution in [0.4, 0.5) is 0 Å². The molecular formula is C10H21NO. The van der Waals surface area contributed by atoms with Crippen molar-refractivity contribution >= 4 is 5.78 Å². The Morgan fingerprint density at radius 3 is 2.00 bits per heavy atom. The van der Waals surface area contributed by atoms with E-state index in [0.717, 1.165) is 25.8 Å². The van der Waals surface area contributed by atoms with Crippen molar-refractivity contribution in [1.29, 1.82) is 0 Å². The molecule has 0 unspecified atom stereocenters. The van der Waals surface area contributed by atoms with E-state index in [9.17, 15) is 4.79 Å². The second kappa shape index (κ2) is 8.72. The molecule has 12 heavy (non-hydrogen) atoms. The SMILES string of the molecule is CC(=O)CCCCCCCCN. The van der Waals surface area contributed by atoms with Crippen molar-refractivity contribution < 1.29 is 4.79 Å². The molecule has 2 N–H and O–H groups in total. The Bertz CT molecular complexity index is 112. The van der Waals surface area contributed by atoms with Gasteiger partial charge in [0.1, 0.15) is 5.78 Å². The Morgan fingerprint density at radius 1 is 1.00 bits per heavy atom. The van der Waals surface area contributed by atoms with Gasteiger partial charge in [-0.15, -0.1) is 0 Å². The molecule has 0 bridgehead atoms. The molecular weight excluding hydrogens is 150 g/mol. The Morgan fingerprint density at radius 2 is 1.50 bits per heavy atom. The maximum Gasteiger partial charge on any atom is 0.129 e. The maximum atomic E-state index is 10.6. The van der Waals surface area contributed by atoms with Crippen LogP contribution in [-0.2, 0) is 4.79 Å². The van der Waals surface area contributed by atoms with E-state index in [4.69, 9.17) is 5.73 Å². The predicted octanol–water partition coefficient (Wildman–Crippen LogP) is 2.26. The molecule has 0 spiro atoms. The zero-order chi connectivity index (χ0) is 9.23. The van der Waals surface area contributed by atoms with Crippen LogP contribution in [-0.4, -0.2) is 12.3 Å². The van der Waals surface area contributed by atoms with E-state index in [1.807, 2.05) is 0 Å². The number of carbonyl (C=O) groups is 1. The molecule has 0 radical (unpaired) electrons. The standard InChI is InChI=1S/C10H21NO/c1-10(12)8-6-4-2-3-5-7-9-11/h2-9,11H2,1H3. The molecule has 2 nitrogen and oxygen atoms in total. The van der Waals surface area contributed by atoms with Crippen molar-refractivity contribution in [2.75, 3.05) is 6.54 Å². The molecule has 0 rings (SSSR count). The minimum atomic E-state index is 0.317. The first-order valence-corrected chi connectivity index (χ1v) is 4.97. The van der Waals surface area contributed by atoms with Crippen molar-refractivity contribution in [2.45, 2.75) is 51.9 Å². The number of hydrogen-bond donors (Lipinski definition) is 1. The number of carbonyl (C=O) groups excluding carboxylic acids is 1. The fourth-order valence-corrected chi connectivity index (χ4v) is 1.23. The third kappa shape index (κ3) is 9.63. The van der Waals surface area contributed by atoms with Crippen LogP contribution < -0.4 is 5.73 Å². The van der Waals surface area contributed by atoms with Crippen molar-refractivity contribution in [2.24, 2.45) is 5.73 Å². The van der Waals surface area contributed by atoms with Gasteiger partial charge in [-0.1, -0.05) is 25.7 Å². The van der Waals surface area contributed by atoms with Crippen LogP contribution in [0.15, 0.2) is 0 Å². The van der Waals surface area contributed by atoms with E-state index in [2.05, 4.69) is 0 Å². The molecule has 0 aromatic carbocycles. The number of hydrogen-bond acceptors (Lipinski definition) is 2. The molecule has 0 aliphatic rings. The molecule has 0 aromatic heterocycles. The molecule has 72 valence electrons. The lowest BCUT2D eigenvalue weighted by atomic mass is 10.1. The highest BCUT2D eigenvalue weighted by molar-refractivity contribution is 5.75. The summed E-state index contributed by atoms with van der Waals surface area (Å²) in [5, 5.41) is 0. The van der Waals surface area contributed by atoms with Crippen LogP contribution in [0.2, 0.25) is 0 Å². The van der Waals surface area contributed by atoms with E-state index < -0.39 is 0 Å². The van der Waals surface area contributed by atoms with Gasteiger partial charge in [0.25, 0.3) is 0 Å². The zero-order valence-corrected chi connectivity index (χ0v) is 8.14. The lowest BCUT2D eigenvalue weighted by molar-refractivity contribution is -0.117. The molecule has 0 aromatic rings. The van der Waals surface area contributed by atoms with Crippen LogP contribution >= 0.6 is 0 Å². The Hall–Kier alpha value is -0.370. The van der Waals surface area contributed by atoms with Gasteiger partial charge in [-0.25, -0.2) is 0 Å². The molecule has 0 aliphatic carbocycles. The summed E-state index contributed by atoms with van der Waals surface area (Å²) < 4.78 is 0. The highest BCUT2D eigenvalue weighted by atomic mass is 16.1. The fourth-order valence-electron chi connectivity index (χ4n) is 1.23. The second-order valence-corrected chi connectivity index (χ2v) is 3.36. The van der Waals surface area contributed by atoms with E-state index in [1.165, 1.54) is 25.7 Å². The number of Topliss-reactive ketones (excluding diaryl/α,β-unsaturated/α-hetero) is 1. The summed E-state index contributed by atoms with van der Waals surface area (Å²) in [5.74, 6) is 0.317. The largest absolute Gasteiger partial charge is 0.330 e. The number of ketones is 1. The summed E-state index contributed by atoms with van der Waals surface area (Å²) in [7, 11) is 0. The highest BCUT2D eigenvalue weighted by Gasteiger charge is 1.93. The number of nitrogens with two attached hydrogens (primary N) is 1. The molecule has 0 heterocycles. The highest BCUT2D eigenvalue weighted by Crippen LogP contribution is 2.06. The molecule has 0 amide bonds. The topological polar surface area (TPSA) is 43.1 Å². The fraction of sp³-hybridized carbons (Fsp3) is 0.900. The quantitative estimate of drug-likeness (QED) is 0.569. The summed E-state index contributed by atoms with van der Waals surface area (Å²) in [5.41, 5.74) is 5.36. The minimum Gasteiger partial charge on any atom is -0.330 e. The first-order chi connectivity index (χ1) is 5.77. The van der Waals surface area contributed by atoms with Crippen LogP contribution in [0, 0.1) is 0 Å². The van der Waals surface area contributed by atoms with Crippen LogP contribution in [0.5, 0.6) is 0 Å². The average Bonchev–Trinajstić information content (AvgIpc) is 2.02. The third-order valence-corrected chi connectivity index (χ3v) is 1.98. The number of rotatable bonds is 8. The number of unbranched alkanes of at least 4 members (excludes halogenated alkanes) is 5. The van der Waals surface area contributed by atoms with Crippen molar-refractivity contribution in [3.05, 3.63) is 0 Å². The van der Waals surface area contributed by atoms with Gasteiger partial charge in [0.05, 0.1) is 0 Å². The van der Waals surface area contributed by atoms with Gasteiger partial charge in [-0.3, -0.25) is 0 Å². The van der Waals surface area contributed by atoms with E-state index in [1.54, 1.807) is 6.92 Å². The molecule has 0 saturated carbocycles. The smallest absolute Gasteiger partial charge is 0.129 e. The van der Waals surface area contributed by atoms with Crippen LogP contribution in [0.1, 0.15) is 51.9 Å². The molecule has 0 atom stereocenters. The molecule has 2 heteroatoms. The summed E-state index contributed by atoms with van der Waals surface area (Å²) in [4.78, 5) is 10.6. The average molecular weight is 171 g/mol. The summed E-state index contributed by atoms with van der Waals surface area (Å²) in [6.07, 6.45) is 7.95. The predicted molar refractivity (Wildman–Crippen MR) is 52.1 cm³/mol. The Labute approximate surface area is 75.5 Å². The second-order valence-electron chi connectivity index (χ2n) is 3.36. The normalized spacial score (nSPS) is 10.2. The minimum absolute atomic E-state index is 0.317. The first-order valence-electron chi connectivity index (χ1n) is 4.97. The Kier molecular flexibility index (Phi) is 8.46. The summed E-state index contributed by atoms with van der Waals surface area (Å²) in [6, 6.07) is 0. The van der Waals surface area contributed by atoms with Crippen LogP contribution in [0.3, 0.4) is 0 Å². The van der Waals surface area contributed by atoms with E-state index in [-0.39, 0.29) is 0 Å². The molecule has 0 aliphatic heterocycles. The van der Waals surface area contributed by atoms with Gasteiger partial charge in [-0.05, 0) is 26.3 Å². The third-order valence-electron chi connectivity index (χ3n) is 1.98. The van der Waals surface area contributed by atoms with E-state index >= 15 is 0 Å². The van der Waals surface area contributed by atoms with Gasteiger partial charge in [0.15, 0.2) is 0 Å². The van der Waals surface area contributed by atoms with Crippen molar-refractivity contribution in [3.63, 3.8) is 0 Å². The first kappa shape index (κ1) is 11.6. The van der Waals surface area contributed by atoms with Gasteiger partial charge in [0, 0.05) is 6.42 Å². The van der Waals surface area contributed by atoms with Crippen molar-refractivity contribution in [1.82, 2.24) is 0 Å². The monoisotopic (exact) mass is 171 g/mol. The van der Waals surface area contributed by atoms with Crippen LogP contribution in [0.25, 0.3) is 0 Å². The molecule has 0 fully saturated rings. The molecule has 0 saturated heterocycles.